The van der Waals surface area contributed by atoms with Crippen molar-refractivity contribution in [3.8, 4) is 0 Å². The third-order valence-corrected chi connectivity index (χ3v) is 2.05. The highest BCUT2D eigenvalue weighted by Gasteiger charge is 1.95. The Hall–Kier alpha value is -0.830. The molecule has 0 unspecified atom stereocenters. The summed E-state index contributed by atoms with van der Waals surface area (Å²) in [4.78, 5) is 0. The Morgan fingerprint density at radius 3 is 2.85 bits per heavy atom. The van der Waals surface area contributed by atoms with Gasteiger partial charge in [0, 0.05) is 19.3 Å². The Morgan fingerprint density at radius 2 is 2.15 bits per heavy atom. The van der Waals surface area contributed by atoms with E-state index in [1.54, 1.807) is 19.6 Å². The van der Waals surface area contributed by atoms with Gasteiger partial charge in [-0.15, -0.1) is 0 Å². The molecule has 0 aromatic carbocycles. The van der Waals surface area contributed by atoms with Crippen LogP contribution in [0.5, 0.6) is 0 Å². The molecule has 74 valence electrons. The molecule has 3 heteroatoms. The van der Waals surface area contributed by atoms with E-state index in [0.717, 1.165) is 13.0 Å². The minimum absolute atomic E-state index is 0.882. The second kappa shape index (κ2) is 6.66. The van der Waals surface area contributed by atoms with Gasteiger partial charge in [-0.2, -0.15) is 0 Å². The van der Waals surface area contributed by atoms with E-state index in [0.29, 0.717) is 0 Å². The van der Waals surface area contributed by atoms with Crippen LogP contribution in [0.4, 0.5) is 0 Å². The van der Waals surface area contributed by atoms with Crippen LogP contribution in [0.15, 0.2) is 17.0 Å². The Bertz CT molecular complexity index is 197. The molecule has 13 heavy (non-hydrogen) atoms. The Labute approximate surface area is 79.1 Å². The van der Waals surface area contributed by atoms with Crippen molar-refractivity contribution in [3.05, 3.63) is 18.0 Å². The molecule has 0 bridgehead atoms. The lowest BCUT2D eigenvalue weighted by molar-refractivity contribution is 0.192. The molecule has 1 aromatic rings. The normalized spacial score (nSPS) is 10.5. The SMILES string of the molecule is COCCCCCCc1cnoc1. The topological polar surface area (TPSA) is 35.3 Å². The van der Waals surface area contributed by atoms with Crippen LogP contribution in [0.25, 0.3) is 0 Å². The van der Waals surface area contributed by atoms with Crippen molar-refractivity contribution < 1.29 is 9.26 Å². The molecule has 1 rings (SSSR count). The molecule has 0 aliphatic rings. The predicted molar refractivity (Wildman–Crippen MR) is 50.6 cm³/mol. The summed E-state index contributed by atoms with van der Waals surface area (Å²) in [5, 5.41) is 3.66. The van der Waals surface area contributed by atoms with Crippen LogP contribution in [0, 0.1) is 0 Å². The third kappa shape index (κ3) is 4.68. The summed E-state index contributed by atoms with van der Waals surface area (Å²) >= 11 is 0. The molecule has 0 fully saturated rings. The average Bonchev–Trinajstić information content (AvgIpc) is 2.63. The number of aromatic nitrogens is 1. The molecule has 0 spiro atoms. The van der Waals surface area contributed by atoms with E-state index in [1.165, 1.54) is 31.2 Å². The molecule has 0 aliphatic heterocycles. The molecular weight excluding hydrogens is 166 g/mol. The maximum Gasteiger partial charge on any atom is 0.126 e. The van der Waals surface area contributed by atoms with Crippen molar-refractivity contribution in [1.82, 2.24) is 5.16 Å². The highest BCUT2D eigenvalue weighted by molar-refractivity contribution is 4.99. The highest BCUT2D eigenvalue weighted by Crippen LogP contribution is 2.06. The van der Waals surface area contributed by atoms with Crippen molar-refractivity contribution in [2.45, 2.75) is 32.1 Å². The number of rotatable bonds is 7. The van der Waals surface area contributed by atoms with E-state index < -0.39 is 0 Å². The standard InChI is InChI=1S/C10H17NO2/c1-12-7-5-3-2-4-6-10-8-11-13-9-10/h8-9H,2-7H2,1H3. The molecule has 3 nitrogen and oxygen atoms in total. The molecule has 0 atom stereocenters. The maximum absolute atomic E-state index is 4.97. The van der Waals surface area contributed by atoms with Crippen LogP contribution in [-0.4, -0.2) is 18.9 Å². The summed E-state index contributed by atoms with van der Waals surface area (Å²) in [6.45, 7) is 0.882. The monoisotopic (exact) mass is 183 g/mol. The third-order valence-electron chi connectivity index (χ3n) is 2.05. The zero-order valence-corrected chi connectivity index (χ0v) is 8.16. The summed E-state index contributed by atoms with van der Waals surface area (Å²) in [5.41, 5.74) is 1.20. The first-order valence-electron chi connectivity index (χ1n) is 4.80. The number of hydrogen-bond donors (Lipinski definition) is 0. The summed E-state index contributed by atoms with van der Waals surface area (Å²) in [6.07, 6.45) is 9.47. The summed E-state index contributed by atoms with van der Waals surface area (Å²) in [7, 11) is 1.75. The van der Waals surface area contributed by atoms with Gasteiger partial charge in [-0.25, -0.2) is 0 Å². The number of aryl methyl sites for hydroxylation is 1. The van der Waals surface area contributed by atoms with Crippen LogP contribution in [0.3, 0.4) is 0 Å². The van der Waals surface area contributed by atoms with Gasteiger partial charge in [0.2, 0.25) is 0 Å². The molecule has 1 heterocycles. The zero-order chi connectivity index (χ0) is 9.36. The highest BCUT2D eigenvalue weighted by atomic mass is 16.5. The molecule has 0 N–H and O–H groups in total. The van der Waals surface area contributed by atoms with E-state index in [9.17, 15) is 0 Å². The van der Waals surface area contributed by atoms with E-state index in [2.05, 4.69) is 5.16 Å². The van der Waals surface area contributed by atoms with Gasteiger partial charge in [-0.1, -0.05) is 18.0 Å². The fourth-order valence-electron chi connectivity index (χ4n) is 1.28. The summed E-state index contributed by atoms with van der Waals surface area (Å²) < 4.78 is 9.71. The Balaban J connectivity index is 1.90. The fraction of sp³-hybridized carbons (Fsp3) is 0.700. The van der Waals surface area contributed by atoms with Gasteiger partial charge < -0.3 is 9.26 Å². The fourth-order valence-corrected chi connectivity index (χ4v) is 1.28. The number of unbranched alkanes of at least 4 members (excludes halogenated alkanes) is 3. The second-order valence-corrected chi connectivity index (χ2v) is 3.19. The molecule has 0 saturated carbocycles. The first kappa shape index (κ1) is 10.3. The van der Waals surface area contributed by atoms with Gasteiger partial charge in [-0.3, -0.25) is 0 Å². The molecule has 0 aliphatic carbocycles. The van der Waals surface area contributed by atoms with Crippen LogP contribution in [0.2, 0.25) is 0 Å². The van der Waals surface area contributed by atoms with Crippen LogP contribution < -0.4 is 0 Å². The smallest absolute Gasteiger partial charge is 0.126 e. The van der Waals surface area contributed by atoms with Gasteiger partial charge in [0.15, 0.2) is 0 Å². The predicted octanol–water partition coefficient (Wildman–Crippen LogP) is 2.42. The van der Waals surface area contributed by atoms with E-state index in [-0.39, 0.29) is 0 Å². The lowest BCUT2D eigenvalue weighted by Crippen LogP contribution is -1.89. The summed E-state index contributed by atoms with van der Waals surface area (Å²) in [5.74, 6) is 0. The largest absolute Gasteiger partial charge is 0.385 e. The Morgan fingerprint density at radius 1 is 1.31 bits per heavy atom. The summed E-state index contributed by atoms with van der Waals surface area (Å²) in [6, 6.07) is 0. The molecule has 1 aromatic heterocycles. The van der Waals surface area contributed by atoms with Gasteiger partial charge in [0.25, 0.3) is 0 Å². The van der Waals surface area contributed by atoms with Crippen molar-refractivity contribution in [2.24, 2.45) is 0 Å². The lowest BCUT2D eigenvalue weighted by atomic mass is 10.1. The molecule has 0 saturated heterocycles. The Kier molecular flexibility index (Phi) is 5.25. The quantitative estimate of drug-likeness (QED) is 0.609. The minimum Gasteiger partial charge on any atom is -0.385 e. The first-order valence-corrected chi connectivity index (χ1v) is 4.80. The van der Waals surface area contributed by atoms with Crippen LogP contribution >= 0.6 is 0 Å². The molecule has 0 radical (unpaired) electrons. The van der Waals surface area contributed by atoms with Crippen LogP contribution in [0.1, 0.15) is 31.2 Å². The van der Waals surface area contributed by atoms with Crippen molar-refractivity contribution in [1.29, 1.82) is 0 Å². The van der Waals surface area contributed by atoms with E-state index >= 15 is 0 Å². The molecule has 0 amide bonds. The molecular formula is C10H17NO2. The maximum atomic E-state index is 4.97. The van der Waals surface area contributed by atoms with Crippen molar-refractivity contribution in [3.63, 3.8) is 0 Å². The number of hydrogen-bond acceptors (Lipinski definition) is 3. The zero-order valence-electron chi connectivity index (χ0n) is 8.16. The van der Waals surface area contributed by atoms with E-state index in [1.807, 2.05) is 0 Å². The number of methoxy groups -OCH3 is 1. The van der Waals surface area contributed by atoms with Crippen molar-refractivity contribution in [2.75, 3.05) is 13.7 Å². The minimum atomic E-state index is 0.882. The number of nitrogens with zero attached hydrogens (tertiary/aromatic N) is 1. The van der Waals surface area contributed by atoms with Crippen LogP contribution in [-0.2, 0) is 11.2 Å². The van der Waals surface area contributed by atoms with Gasteiger partial charge in [0.05, 0.1) is 6.20 Å². The van der Waals surface area contributed by atoms with Gasteiger partial charge in [-0.05, 0) is 19.3 Å². The van der Waals surface area contributed by atoms with Gasteiger partial charge >= 0.3 is 0 Å². The van der Waals surface area contributed by atoms with E-state index in [4.69, 9.17) is 9.26 Å². The second-order valence-electron chi connectivity index (χ2n) is 3.19. The first-order chi connectivity index (χ1) is 6.43. The lowest BCUT2D eigenvalue weighted by Gasteiger charge is -1.98. The number of ether oxygens (including phenoxy) is 1. The van der Waals surface area contributed by atoms with Gasteiger partial charge in [0.1, 0.15) is 6.26 Å². The average molecular weight is 183 g/mol. The van der Waals surface area contributed by atoms with Crippen molar-refractivity contribution >= 4 is 0 Å².